The number of carbonyl (C=O) groups is 3. The van der Waals surface area contributed by atoms with Gasteiger partial charge in [-0.25, -0.2) is 9.59 Å². The molecular formula is C23H23N3O6. The minimum Gasteiger partial charge on any atom is -0.497 e. The summed E-state index contributed by atoms with van der Waals surface area (Å²) in [5, 5.41) is 14.9. The number of rotatable bonds is 8. The number of nitrogens with one attached hydrogen (secondary N) is 2. The van der Waals surface area contributed by atoms with E-state index >= 15 is 0 Å². The van der Waals surface area contributed by atoms with Crippen molar-refractivity contribution in [2.45, 2.75) is 13.0 Å². The highest BCUT2D eigenvalue weighted by molar-refractivity contribution is 6.00. The van der Waals surface area contributed by atoms with Crippen LogP contribution in [0, 0.1) is 11.3 Å². The van der Waals surface area contributed by atoms with Crippen molar-refractivity contribution in [3.63, 3.8) is 0 Å². The number of carbonyl (C=O) groups excluding carboxylic acids is 3. The first-order valence-corrected chi connectivity index (χ1v) is 9.46. The third kappa shape index (κ3) is 5.86. The standard InChI is InChI=1S/C23H23N3O6/c1-14(15-5-8-18(30-2)9-6-15)26-21(27)17(12-24)13-25-20-11-16(22(28)31-3)7-10-19(20)23(29)32-4/h5-11,13-14,25H,1-4H3,(H,26,27)/b17-13-. The SMILES string of the molecule is COC(=O)c1ccc(C(=O)OC)c(N/C=C(/C#N)C(=O)NC(C)c2ccc(OC)cc2)c1. The number of ether oxygens (including phenoxy) is 3. The molecule has 2 N–H and O–H groups in total. The molecule has 0 saturated carbocycles. The predicted octanol–water partition coefficient (Wildman–Crippen LogP) is 2.97. The zero-order valence-corrected chi connectivity index (χ0v) is 18.1. The Kier molecular flexibility index (Phi) is 8.36. The van der Waals surface area contributed by atoms with Crippen LogP contribution < -0.4 is 15.4 Å². The zero-order valence-electron chi connectivity index (χ0n) is 18.1. The molecule has 2 rings (SSSR count). The van der Waals surface area contributed by atoms with E-state index in [2.05, 4.69) is 15.4 Å². The van der Waals surface area contributed by atoms with Gasteiger partial charge in [0.25, 0.3) is 5.91 Å². The molecule has 1 amide bonds. The average molecular weight is 437 g/mol. The summed E-state index contributed by atoms with van der Waals surface area (Å²) >= 11 is 0. The van der Waals surface area contributed by atoms with E-state index < -0.39 is 17.8 Å². The molecule has 166 valence electrons. The normalized spacial score (nSPS) is 11.5. The fourth-order valence-electron chi connectivity index (χ4n) is 2.75. The highest BCUT2D eigenvalue weighted by atomic mass is 16.5. The zero-order chi connectivity index (χ0) is 23.7. The second kappa shape index (κ2) is 11.2. The summed E-state index contributed by atoms with van der Waals surface area (Å²) in [5.74, 6) is -1.20. The molecule has 9 heteroatoms. The van der Waals surface area contributed by atoms with E-state index in [4.69, 9.17) is 9.47 Å². The topological polar surface area (TPSA) is 127 Å². The van der Waals surface area contributed by atoms with Crippen LogP contribution in [0.1, 0.15) is 39.2 Å². The quantitative estimate of drug-likeness (QED) is 0.367. The van der Waals surface area contributed by atoms with Crippen molar-refractivity contribution in [1.82, 2.24) is 5.32 Å². The molecule has 1 unspecified atom stereocenters. The van der Waals surface area contributed by atoms with Gasteiger partial charge in [-0.15, -0.1) is 0 Å². The maximum Gasteiger partial charge on any atom is 0.339 e. The number of amides is 1. The van der Waals surface area contributed by atoms with E-state index in [1.807, 2.05) is 6.07 Å². The molecular weight excluding hydrogens is 414 g/mol. The number of nitrogens with zero attached hydrogens (tertiary/aromatic N) is 1. The van der Waals surface area contributed by atoms with Crippen molar-refractivity contribution < 1.29 is 28.6 Å². The number of anilines is 1. The van der Waals surface area contributed by atoms with Crippen molar-refractivity contribution in [1.29, 1.82) is 5.26 Å². The molecule has 0 aromatic heterocycles. The molecule has 0 fully saturated rings. The number of esters is 2. The van der Waals surface area contributed by atoms with Crippen LogP contribution in [0.15, 0.2) is 54.2 Å². The van der Waals surface area contributed by atoms with Crippen LogP contribution in [-0.2, 0) is 14.3 Å². The van der Waals surface area contributed by atoms with Gasteiger partial charge in [0.2, 0.25) is 0 Å². The summed E-state index contributed by atoms with van der Waals surface area (Å²) in [7, 11) is 4.00. The van der Waals surface area contributed by atoms with E-state index in [-0.39, 0.29) is 28.4 Å². The molecule has 9 nitrogen and oxygen atoms in total. The molecule has 0 aliphatic carbocycles. The smallest absolute Gasteiger partial charge is 0.339 e. The van der Waals surface area contributed by atoms with E-state index in [1.165, 1.54) is 32.4 Å². The van der Waals surface area contributed by atoms with Crippen LogP contribution in [0.25, 0.3) is 0 Å². The van der Waals surface area contributed by atoms with Crippen molar-refractivity contribution >= 4 is 23.5 Å². The van der Waals surface area contributed by atoms with Gasteiger partial charge in [-0.05, 0) is 42.8 Å². The summed E-state index contributed by atoms with van der Waals surface area (Å²) in [6, 6.07) is 12.7. The second-order valence-corrected chi connectivity index (χ2v) is 6.53. The number of methoxy groups -OCH3 is 3. The van der Waals surface area contributed by atoms with E-state index in [9.17, 15) is 19.6 Å². The molecule has 2 aromatic carbocycles. The Bertz CT molecular complexity index is 1070. The summed E-state index contributed by atoms with van der Waals surface area (Å²) in [6.45, 7) is 1.78. The number of nitriles is 1. The Labute approximate surface area is 185 Å². The summed E-state index contributed by atoms with van der Waals surface area (Å²) < 4.78 is 14.5. The summed E-state index contributed by atoms with van der Waals surface area (Å²) in [4.78, 5) is 36.4. The Morgan fingerprint density at radius 3 is 2.22 bits per heavy atom. The molecule has 2 aromatic rings. The molecule has 1 atom stereocenters. The Balaban J connectivity index is 2.23. The molecule has 0 aliphatic rings. The fraction of sp³-hybridized carbons (Fsp3) is 0.217. The van der Waals surface area contributed by atoms with Gasteiger partial charge in [-0.1, -0.05) is 12.1 Å². The lowest BCUT2D eigenvalue weighted by molar-refractivity contribution is -0.117. The maximum absolute atomic E-state index is 12.6. The van der Waals surface area contributed by atoms with Crippen LogP contribution in [-0.4, -0.2) is 39.2 Å². The van der Waals surface area contributed by atoms with Crippen LogP contribution in [0.2, 0.25) is 0 Å². The molecule has 0 bridgehead atoms. The van der Waals surface area contributed by atoms with Gasteiger partial charge in [0, 0.05) is 6.20 Å². The first-order chi connectivity index (χ1) is 15.3. The van der Waals surface area contributed by atoms with Gasteiger partial charge in [0.1, 0.15) is 17.4 Å². The summed E-state index contributed by atoms with van der Waals surface area (Å²) in [5.41, 5.74) is 1.05. The lowest BCUT2D eigenvalue weighted by Crippen LogP contribution is -2.28. The van der Waals surface area contributed by atoms with E-state index in [0.29, 0.717) is 5.75 Å². The fourth-order valence-corrected chi connectivity index (χ4v) is 2.75. The van der Waals surface area contributed by atoms with Gasteiger partial charge in [-0.3, -0.25) is 4.79 Å². The van der Waals surface area contributed by atoms with Gasteiger partial charge in [0.05, 0.1) is 44.2 Å². The average Bonchev–Trinajstić information content (AvgIpc) is 2.83. The molecule has 0 spiro atoms. The van der Waals surface area contributed by atoms with Gasteiger partial charge < -0.3 is 24.8 Å². The minimum atomic E-state index is -0.659. The third-order valence-electron chi connectivity index (χ3n) is 4.55. The molecule has 0 aliphatic heterocycles. The van der Waals surface area contributed by atoms with Crippen LogP contribution in [0.4, 0.5) is 5.69 Å². The van der Waals surface area contributed by atoms with Crippen molar-refractivity contribution in [2.24, 2.45) is 0 Å². The first kappa shape index (κ1) is 24.0. The van der Waals surface area contributed by atoms with Gasteiger partial charge >= 0.3 is 11.9 Å². The van der Waals surface area contributed by atoms with Crippen LogP contribution in [0.5, 0.6) is 5.75 Å². The van der Waals surface area contributed by atoms with E-state index in [1.54, 1.807) is 38.3 Å². The monoisotopic (exact) mass is 437 g/mol. The minimum absolute atomic E-state index is 0.112. The lowest BCUT2D eigenvalue weighted by atomic mass is 10.1. The van der Waals surface area contributed by atoms with Gasteiger partial charge in [0.15, 0.2) is 0 Å². The maximum atomic E-state index is 12.6. The highest BCUT2D eigenvalue weighted by Crippen LogP contribution is 2.21. The summed E-state index contributed by atoms with van der Waals surface area (Å²) in [6.07, 6.45) is 1.15. The van der Waals surface area contributed by atoms with Crippen LogP contribution >= 0.6 is 0 Å². The number of hydrogen-bond acceptors (Lipinski definition) is 8. The third-order valence-corrected chi connectivity index (χ3v) is 4.55. The first-order valence-electron chi connectivity index (χ1n) is 9.46. The highest BCUT2D eigenvalue weighted by Gasteiger charge is 2.17. The second-order valence-electron chi connectivity index (χ2n) is 6.53. The molecule has 0 radical (unpaired) electrons. The molecule has 0 heterocycles. The van der Waals surface area contributed by atoms with Crippen molar-refractivity contribution in [2.75, 3.05) is 26.6 Å². The van der Waals surface area contributed by atoms with E-state index in [0.717, 1.165) is 11.8 Å². The largest absolute Gasteiger partial charge is 0.497 e. The number of hydrogen-bond donors (Lipinski definition) is 2. The Morgan fingerprint density at radius 2 is 1.66 bits per heavy atom. The predicted molar refractivity (Wildman–Crippen MR) is 116 cm³/mol. The Hall–Kier alpha value is -4.32. The van der Waals surface area contributed by atoms with Crippen molar-refractivity contribution in [3.05, 3.63) is 70.9 Å². The molecule has 32 heavy (non-hydrogen) atoms. The molecule has 0 saturated heterocycles. The lowest BCUT2D eigenvalue weighted by Gasteiger charge is -2.15. The van der Waals surface area contributed by atoms with Crippen LogP contribution in [0.3, 0.4) is 0 Å². The van der Waals surface area contributed by atoms with Crippen molar-refractivity contribution in [3.8, 4) is 11.8 Å². The number of benzene rings is 2. The Morgan fingerprint density at radius 1 is 1.00 bits per heavy atom. The van der Waals surface area contributed by atoms with Gasteiger partial charge in [-0.2, -0.15) is 5.26 Å².